The molecule has 76 valence electrons. The molecule has 1 aliphatic heterocycles. The molecule has 14 heavy (non-hydrogen) atoms. The van der Waals surface area contributed by atoms with Crippen LogP contribution in [-0.4, -0.2) is 19.9 Å². The minimum absolute atomic E-state index is 0.349. The fourth-order valence-electron chi connectivity index (χ4n) is 1.42. The van der Waals surface area contributed by atoms with Crippen LogP contribution in [0.4, 0.5) is 10.1 Å². The lowest BCUT2D eigenvalue weighted by molar-refractivity contribution is 0.488. The van der Waals surface area contributed by atoms with Gasteiger partial charge in [-0.2, -0.15) is 0 Å². The van der Waals surface area contributed by atoms with Gasteiger partial charge in [0.2, 0.25) is 0 Å². The Balaban J connectivity index is 2.34. The Labute approximate surface area is 91.6 Å². The van der Waals surface area contributed by atoms with E-state index >= 15 is 0 Å². The Hall–Kier alpha value is -0.450. The third kappa shape index (κ3) is 1.82. The molecule has 1 heterocycles. The first-order valence-electron chi connectivity index (χ1n) is 4.32. The number of rotatable bonds is 2. The number of benzene rings is 1. The first-order valence-corrected chi connectivity index (χ1v) is 5.51. The molecule has 0 atom stereocenters. The molecule has 0 fully saturated rings. The first-order chi connectivity index (χ1) is 6.83. The monoisotopic (exact) mass is 232 g/mol. The largest absolute Gasteiger partial charge is 0.354 e. The van der Waals surface area contributed by atoms with Crippen LogP contribution in [0.25, 0.3) is 0 Å². The van der Waals surface area contributed by atoms with Crippen LogP contribution in [0.5, 0.6) is 0 Å². The lowest BCUT2D eigenvalue weighted by Crippen LogP contribution is -2.36. The second-order valence-corrected chi connectivity index (χ2v) is 4.25. The third-order valence-corrected chi connectivity index (χ3v) is 3.40. The normalized spacial score (nSPS) is 15.4. The summed E-state index contributed by atoms with van der Waals surface area (Å²) in [6.45, 7) is 0.709. The Morgan fingerprint density at radius 3 is 3.21 bits per heavy atom. The van der Waals surface area contributed by atoms with Crippen LogP contribution in [0.15, 0.2) is 23.1 Å². The molecule has 0 spiro atoms. The van der Waals surface area contributed by atoms with Gasteiger partial charge in [-0.15, -0.1) is 0 Å². The Kier molecular flexibility index (Phi) is 3.15. The van der Waals surface area contributed by atoms with Crippen molar-refractivity contribution in [1.29, 1.82) is 0 Å². The summed E-state index contributed by atoms with van der Waals surface area (Å²) in [6.07, 6.45) is 0. The number of anilines is 1. The van der Waals surface area contributed by atoms with Crippen LogP contribution in [0, 0.1) is 0 Å². The van der Waals surface area contributed by atoms with Gasteiger partial charge < -0.3 is 4.90 Å². The summed E-state index contributed by atoms with van der Waals surface area (Å²) in [4.78, 5) is 2.92. The van der Waals surface area contributed by atoms with Crippen LogP contribution in [0.2, 0.25) is 5.02 Å². The predicted molar refractivity (Wildman–Crippen MR) is 58.6 cm³/mol. The van der Waals surface area contributed by atoms with E-state index < -0.39 is 0 Å². The highest BCUT2D eigenvalue weighted by molar-refractivity contribution is 7.97. The summed E-state index contributed by atoms with van der Waals surface area (Å²) in [6, 6.07) is 5.69. The van der Waals surface area contributed by atoms with Gasteiger partial charge in [-0.05, 0) is 24.1 Å². The van der Waals surface area contributed by atoms with E-state index in [1.807, 2.05) is 23.1 Å². The summed E-state index contributed by atoms with van der Waals surface area (Å²) in [5.74, 6) is 0. The van der Waals surface area contributed by atoms with Crippen molar-refractivity contribution < 1.29 is 4.39 Å². The zero-order valence-electron chi connectivity index (χ0n) is 7.46. The van der Waals surface area contributed by atoms with Crippen molar-refractivity contribution in [2.45, 2.75) is 4.90 Å². The number of nitrogens with one attached hydrogen (secondary N) is 1. The molecule has 2 nitrogen and oxygen atoms in total. The zero-order chi connectivity index (χ0) is 9.97. The van der Waals surface area contributed by atoms with Crippen molar-refractivity contribution in [3.05, 3.63) is 23.2 Å². The minimum Gasteiger partial charge on any atom is -0.354 e. The molecule has 5 heteroatoms. The molecule has 0 saturated carbocycles. The SMILES string of the molecule is FCCN1CNSc2c(Cl)cccc21. The number of alkyl halides is 1. The summed E-state index contributed by atoms with van der Waals surface area (Å²) < 4.78 is 15.4. The molecule has 1 aromatic rings. The van der Waals surface area contributed by atoms with Gasteiger partial charge in [0, 0.05) is 6.54 Å². The molecule has 0 amide bonds. The molecule has 1 aromatic carbocycles. The van der Waals surface area contributed by atoms with E-state index in [9.17, 15) is 4.39 Å². The highest BCUT2D eigenvalue weighted by Crippen LogP contribution is 2.37. The summed E-state index contributed by atoms with van der Waals surface area (Å²) >= 11 is 7.53. The fraction of sp³-hybridized carbons (Fsp3) is 0.333. The smallest absolute Gasteiger partial charge is 0.107 e. The van der Waals surface area contributed by atoms with Gasteiger partial charge in [-0.3, -0.25) is 0 Å². The fourth-order valence-corrected chi connectivity index (χ4v) is 2.53. The quantitative estimate of drug-likeness (QED) is 0.790. The van der Waals surface area contributed by atoms with E-state index in [0.717, 1.165) is 10.6 Å². The summed E-state index contributed by atoms with van der Waals surface area (Å²) in [5, 5.41) is 0.712. The average molecular weight is 233 g/mol. The van der Waals surface area contributed by atoms with Crippen molar-refractivity contribution in [1.82, 2.24) is 4.72 Å². The van der Waals surface area contributed by atoms with Gasteiger partial charge in [0.15, 0.2) is 0 Å². The van der Waals surface area contributed by atoms with Crippen molar-refractivity contribution in [3.8, 4) is 0 Å². The molecule has 0 radical (unpaired) electrons. The molecule has 1 N–H and O–H groups in total. The van der Waals surface area contributed by atoms with Gasteiger partial charge in [0.05, 0.1) is 22.3 Å². The highest BCUT2D eigenvalue weighted by Gasteiger charge is 2.18. The number of nitrogens with zero attached hydrogens (tertiary/aromatic N) is 1. The maximum atomic E-state index is 12.3. The third-order valence-electron chi connectivity index (χ3n) is 2.07. The zero-order valence-corrected chi connectivity index (χ0v) is 9.04. The van der Waals surface area contributed by atoms with Crippen LogP contribution in [0.3, 0.4) is 0 Å². The van der Waals surface area contributed by atoms with E-state index in [2.05, 4.69) is 4.72 Å². The summed E-state index contributed by atoms with van der Waals surface area (Å²) in [5.41, 5.74) is 1.01. The van der Waals surface area contributed by atoms with Crippen LogP contribution < -0.4 is 9.62 Å². The average Bonchev–Trinajstić information content (AvgIpc) is 2.20. The van der Waals surface area contributed by atoms with Gasteiger partial charge >= 0.3 is 0 Å². The maximum Gasteiger partial charge on any atom is 0.107 e. The van der Waals surface area contributed by atoms with Crippen molar-refractivity contribution in [2.24, 2.45) is 0 Å². The summed E-state index contributed by atoms with van der Waals surface area (Å²) in [7, 11) is 0. The lowest BCUT2D eigenvalue weighted by atomic mass is 10.3. The Bertz CT molecular complexity index is 335. The maximum absolute atomic E-state index is 12.3. The Morgan fingerprint density at radius 1 is 1.57 bits per heavy atom. The molecular weight excluding hydrogens is 223 g/mol. The number of hydrogen-bond donors (Lipinski definition) is 1. The van der Waals surface area contributed by atoms with Crippen molar-refractivity contribution >= 4 is 29.2 Å². The Morgan fingerprint density at radius 2 is 2.43 bits per heavy atom. The lowest BCUT2D eigenvalue weighted by Gasteiger charge is -2.30. The van der Waals surface area contributed by atoms with Crippen LogP contribution >= 0.6 is 23.5 Å². The number of halogens is 2. The molecule has 0 aliphatic carbocycles. The standard InChI is InChI=1S/C9H10ClFN2S/c10-7-2-1-3-8-9(7)14-12-6-13(8)5-4-11/h1-3,12H,4-6H2. The van der Waals surface area contributed by atoms with E-state index in [-0.39, 0.29) is 6.67 Å². The molecule has 0 saturated heterocycles. The van der Waals surface area contributed by atoms with E-state index in [1.165, 1.54) is 11.9 Å². The van der Waals surface area contributed by atoms with Gasteiger partial charge in [-0.1, -0.05) is 17.7 Å². The van der Waals surface area contributed by atoms with E-state index in [0.29, 0.717) is 18.2 Å². The van der Waals surface area contributed by atoms with Crippen LogP contribution in [0.1, 0.15) is 0 Å². The van der Waals surface area contributed by atoms with E-state index in [4.69, 9.17) is 11.6 Å². The van der Waals surface area contributed by atoms with Crippen molar-refractivity contribution in [3.63, 3.8) is 0 Å². The highest BCUT2D eigenvalue weighted by atomic mass is 35.5. The number of hydrogen-bond acceptors (Lipinski definition) is 3. The molecular formula is C9H10ClFN2S. The molecule has 0 bridgehead atoms. The minimum atomic E-state index is -0.349. The molecule has 0 unspecified atom stereocenters. The van der Waals surface area contributed by atoms with Crippen molar-refractivity contribution in [2.75, 3.05) is 24.8 Å². The second-order valence-electron chi connectivity index (χ2n) is 2.95. The first kappa shape index (κ1) is 10.1. The number of fused-ring (bicyclic) bond motifs is 1. The van der Waals surface area contributed by atoms with Gasteiger partial charge in [-0.25, -0.2) is 9.11 Å². The van der Waals surface area contributed by atoms with Crippen LogP contribution in [-0.2, 0) is 0 Å². The topological polar surface area (TPSA) is 15.3 Å². The van der Waals surface area contributed by atoms with E-state index in [1.54, 1.807) is 0 Å². The molecule has 2 rings (SSSR count). The predicted octanol–water partition coefficient (Wildman–Crippen LogP) is 2.68. The second kappa shape index (κ2) is 4.38. The van der Waals surface area contributed by atoms with Gasteiger partial charge in [0.1, 0.15) is 6.67 Å². The van der Waals surface area contributed by atoms with Gasteiger partial charge in [0.25, 0.3) is 0 Å². The molecule has 0 aromatic heterocycles. The molecule has 1 aliphatic rings.